The summed E-state index contributed by atoms with van der Waals surface area (Å²) in [7, 11) is 0. The minimum atomic E-state index is -4.51. The van der Waals surface area contributed by atoms with Gasteiger partial charge in [-0.1, -0.05) is 0 Å². The van der Waals surface area contributed by atoms with Gasteiger partial charge in [-0.25, -0.2) is 0 Å². The number of rotatable bonds is 21. The van der Waals surface area contributed by atoms with E-state index >= 15 is 0 Å². The number of carbonyl (C=O) groups is 9. The summed E-state index contributed by atoms with van der Waals surface area (Å²) >= 11 is 2.24. The quantitative estimate of drug-likeness (QED) is 0.0705. The Kier molecular flexibility index (Phi) is 14.0. The maximum atomic E-state index is 13.6. The van der Waals surface area contributed by atoms with E-state index in [1.807, 2.05) is 0 Å². The van der Waals surface area contributed by atoms with Crippen molar-refractivity contribution in [1.82, 2.24) is 0 Å². The first-order valence-electron chi connectivity index (χ1n) is 12.4. The Morgan fingerprint density at radius 2 is 0.780 bits per heavy atom. The number of carbonyl (C=O) groups excluding carboxylic acids is 9. The van der Waals surface area contributed by atoms with Crippen molar-refractivity contribution < 1.29 is 68.7 Å². The van der Waals surface area contributed by atoms with Crippen molar-refractivity contribution in [2.45, 2.75) is 101 Å². The number of halogens is 1. The average molecular weight is 651 g/mol. The summed E-state index contributed by atoms with van der Waals surface area (Å²) < 4.78 is -1.97. The lowest BCUT2D eigenvalue weighted by Gasteiger charge is -2.53. The maximum absolute atomic E-state index is 13.6. The van der Waals surface area contributed by atoms with Gasteiger partial charge in [0.1, 0.15) is 23.1 Å². The monoisotopic (exact) mass is 650 g/mol. The van der Waals surface area contributed by atoms with Gasteiger partial charge in [-0.2, -0.15) is 0 Å². The van der Waals surface area contributed by atoms with Crippen molar-refractivity contribution in [3.8, 4) is 0 Å². The fraction of sp³-hybridized carbons (Fsp3) is 0.654. The first-order chi connectivity index (χ1) is 18.6. The molecular formula is C26H35BrO14. The van der Waals surface area contributed by atoms with Gasteiger partial charge in [-0.05, 0) is 43.6 Å². The van der Waals surface area contributed by atoms with Gasteiger partial charge >= 0.3 is 0 Å². The van der Waals surface area contributed by atoms with Crippen molar-refractivity contribution in [1.29, 1.82) is 0 Å². The molecule has 0 radical (unpaired) electrons. The molecule has 0 amide bonds. The number of Topliss-reactive ketones (excluding diaryl/α,β-unsaturated/α-hetero) is 8. The number of hydrogen-bond donors (Lipinski definition) is 5. The molecule has 15 heteroatoms. The zero-order chi connectivity index (χ0) is 32.6. The van der Waals surface area contributed by atoms with Crippen molar-refractivity contribution in [2.24, 2.45) is 0 Å². The largest absolute Gasteiger partial charge is 0.393 e. The molecule has 0 saturated heterocycles. The Balaban J connectivity index is 8.00. The van der Waals surface area contributed by atoms with Gasteiger partial charge in [0.05, 0.1) is 6.61 Å². The normalized spacial score (nSPS) is 17.1. The summed E-state index contributed by atoms with van der Waals surface area (Å²) in [6.07, 6.45) is -7.26. The van der Waals surface area contributed by atoms with E-state index in [-0.39, 0.29) is 0 Å². The van der Waals surface area contributed by atoms with Gasteiger partial charge in [-0.3, -0.25) is 24.0 Å². The van der Waals surface area contributed by atoms with E-state index < -0.39 is 131 Å². The molecule has 0 aromatic carbocycles. The second-order valence-corrected chi connectivity index (χ2v) is 10.6. The van der Waals surface area contributed by atoms with E-state index in [2.05, 4.69) is 15.9 Å². The first-order valence-corrected chi connectivity index (χ1v) is 13.2. The van der Waals surface area contributed by atoms with Gasteiger partial charge in [0.2, 0.25) is 21.5 Å². The summed E-state index contributed by atoms with van der Waals surface area (Å²) in [6, 6.07) is 0. The van der Waals surface area contributed by atoms with E-state index in [0.29, 0.717) is 0 Å². The van der Waals surface area contributed by atoms with Crippen LogP contribution in [0.1, 0.15) is 79.1 Å². The molecule has 0 aliphatic heterocycles. The molecule has 0 saturated carbocycles. The van der Waals surface area contributed by atoms with Gasteiger partial charge in [0.25, 0.3) is 0 Å². The van der Waals surface area contributed by atoms with Gasteiger partial charge < -0.3 is 44.7 Å². The second kappa shape index (κ2) is 15.0. The molecule has 0 aromatic rings. The fourth-order valence-corrected chi connectivity index (χ4v) is 4.67. The van der Waals surface area contributed by atoms with Crippen LogP contribution in [-0.2, 0) is 43.2 Å². The topological polar surface area (TPSA) is 255 Å². The molecule has 0 aliphatic carbocycles. The van der Waals surface area contributed by atoms with Crippen LogP contribution in [0.25, 0.3) is 0 Å². The SMILES string of the molecule is CC(=O)CCC(=O)[C@](O)(C(=O)Br)[C@](O)(C(=O)CCC(C)=O)[C@@](O)(C(=O)CCC(C)=O)[C@](O)(CO)C(=O)CCC(C)=O. The molecule has 0 aliphatic rings. The standard InChI is InChI=1S/C26H35BrO14/c1-14(29)5-9-18(33)23(38,13-28)25(40,20(35)11-7-16(3)31)26(41,21(36)12-8-17(4)32)24(39,22(27)37)19(34)10-6-15(2)30/h28,38-41H,5-13H2,1-4H3/t23-,24-,25+,26+/m0/s1. The van der Waals surface area contributed by atoms with Crippen molar-refractivity contribution in [3.05, 3.63) is 0 Å². The van der Waals surface area contributed by atoms with Crippen LogP contribution in [0.5, 0.6) is 0 Å². The molecule has 0 spiro atoms. The molecule has 230 valence electrons. The third kappa shape index (κ3) is 7.78. The third-order valence-corrected chi connectivity index (χ3v) is 7.22. The number of aliphatic hydroxyl groups excluding tert-OH is 1. The van der Waals surface area contributed by atoms with E-state index in [9.17, 15) is 68.7 Å². The van der Waals surface area contributed by atoms with Gasteiger partial charge in [0.15, 0.2) is 28.7 Å². The van der Waals surface area contributed by atoms with E-state index in [1.54, 1.807) is 0 Å². The van der Waals surface area contributed by atoms with Crippen molar-refractivity contribution >= 4 is 66.9 Å². The Morgan fingerprint density at radius 1 is 0.488 bits per heavy atom. The van der Waals surface area contributed by atoms with Crippen LogP contribution < -0.4 is 0 Å². The molecule has 14 nitrogen and oxygen atoms in total. The Hall–Kier alpha value is -2.69. The zero-order valence-corrected chi connectivity index (χ0v) is 24.7. The summed E-state index contributed by atoms with van der Waals surface area (Å²) in [6.45, 7) is 2.02. The minimum absolute atomic E-state index is 0.644. The smallest absolute Gasteiger partial charge is 0.240 e. The Bertz CT molecular complexity index is 1130. The molecule has 0 bridgehead atoms. The molecule has 0 unspecified atom stereocenters. The number of hydrogen-bond acceptors (Lipinski definition) is 14. The molecule has 4 atom stereocenters. The van der Waals surface area contributed by atoms with Gasteiger partial charge in [-0.15, -0.1) is 0 Å². The lowest BCUT2D eigenvalue weighted by molar-refractivity contribution is -0.265. The fourth-order valence-electron chi connectivity index (χ4n) is 4.16. The Labute approximate surface area is 243 Å². The highest BCUT2D eigenvalue weighted by Crippen LogP contribution is 2.46. The summed E-state index contributed by atoms with van der Waals surface area (Å²) in [5, 5.41) is 56.9. The van der Waals surface area contributed by atoms with E-state index in [4.69, 9.17) is 0 Å². The van der Waals surface area contributed by atoms with Crippen molar-refractivity contribution in [2.75, 3.05) is 6.61 Å². The highest BCUT2D eigenvalue weighted by Gasteiger charge is 2.80. The van der Waals surface area contributed by atoms with E-state index in [0.717, 1.165) is 27.7 Å². The molecule has 0 rings (SSSR count). The molecule has 41 heavy (non-hydrogen) atoms. The van der Waals surface area contributed by atoms with Gasteiger partial charge in [0, 0.05) is 51.4 Å². The molecule has 0 aromatic heterocycles. The summed E-state index contributed by atoms with van der Waals surface area (Å²) in [4.78, 5) is 113. The molecule has 0 heterocycles. The van der Waals surface area contributed by atoms with Crippen LogP contribution in [0.3, 0.4) is 0 Å². The van der Waals surface area contributed by atoms with Crippen LogP contribution in [-0.4, -0.2) is 106 Å². The Morgan fingerprint density at radius 3 is 1.07 bits per heavy atom. The maximum Gasteiger partial charge on any atom is 0.240 e. The predicted molar refractivity (Wildman–Crippen MR) is 141 cm³/mol. The third-order valence-electron chi connectivity index (χ3n) is 6.65. The highest BCUT2D eigenvalue weighted by atomic mass is 79.9. The van der Waals surface area contributed by atoms with Crippen LogP contribution in [0.2, 0.25) is 0 Å². The second-order valence-electron chi connectivity index (χ2n) is 9.92. The predicted octanol–water partition coefficient (Wildman–Crippen LogP) is -1.42. The highest BCUT2D eigenvalue weighted by molar-refractivity contribution is 9.18. The van der Waals surface area contributed by atoms with Crippen LogP contribution >= 0.6 is 15.9 Å². The lowest BCUT2D eigenvalue weighted by Crippen LogP contribution is -2.86. The van der Waals surface area contributed by atoms with E-state index in [1.165, 1.54) is 0 Å². The number of ketones is 8. The zero-order valence-electron chi connectivity index (χ0n) is 23.2. The first kappa shape index (κ1) is 38.3. The lowest BCUT2D eigenvalue weighted by atomic mass is 9.56. The molecular weight excluding hydrogens is 616 g/mol. The van der Waals surface area contributed by atoms with Crippen LogP contribution in [0.4, 0.5) is 0 Å². The average Bonchev–Trinajstić information content (AvgIpc) is 2.89. The number of aliphatic hydroxyl groups is 5. The van der Waals surface area contributed by atoms with Crippen molar-refractivity contribution in [3.63, 3.8) is 0 Å². The van der Waals surface area contributed by atoms with Crippen LogP contribution in [0.15, 0.2) is 0 Å². The minimum Gasteiger partial charge on any atom is -0.393 e. The summed E-state index contributed by atoms with van der Waals surface area (Å²) in [5.41, 5.74) is -17.2. The molecule has 0 fully saturated rings. The molecule has 5 N–H and O–H groups in total. The summed E-state index contributed by atoms with van der Waals surface area (Å²) in [5.74, 6) is -10.2. The van der Waals surface area contributed by atoms with Crippen LogP contribution in [0, 0.1) is 0 Å².